The number of aromatic nitrogens is 1. The number of carbonyl (C=O) groups is 1. The molecular formula is C22H23ClN2O2. The van der Waals surface area contributed by atoms with Crippen LogP contribution in [0.25, 0.3) is 16.9 Å². The third-order valence-corrected chi connectivity index (χ3v) is 4.73. The molecule has 2 aromatic carbocycles. The molecule has 0 saturated carbocycles. The third-order valence-electron chi connectivity index (χ3n) is 4.48. The zero-order valence-electron chi connectivity index (χ0n) is 15.8. The van der Waals surface area contributed by atoms with E-state index in [1.807, 2.05) is 68.4 Å². The lowest BCUT2D eigenvalue weighted by atomic mass is 10.1. The lowest BCUT2D eigenvalue weighted by Crippen LogP contribution is -2.24. The SMILES string of the molecule is CCCNC(=O)c1cc(-c2ccc(Cl)cc2)n(-c2cccc(OC)c2)c1C. The third kappa shape index (κ3) is 4.01. The molecule has 0 aliphatic heterocycles. The van der Waals surface area contributed by atoms with Crippen molar-refractivity contribution >= 4 is 17.5 Å². The molecule has 0 aliphatic carbocycles. The van der Waals surface area contributed by atoms with Gasteiger partial charge in [0.15, 0.2) is 0 Å². The first-order valence-electron chi connectivity index (χ1n) is 8.96. The number of hydrogen-bond donors (Lipinski definition) is 1. The van der Waals surface area contributed by atoms with E-state index >= 15 is 0 Å². The van der Waals surface area contributed by atoms with E-state index in [0.29, 0.717) is 17.1 Å². The molecule has 3 aromatic rings. The summed E-state index contributed by atoms with van der Waals surface area (Å²) < 4.78 is 7.45. The maximum Gasteiger partial charge on any atom is 0.253 e. The van der Waals surface area contributed by atoms with E-state index in [-0.39, 0.29) is 5.91 Å². The van der Waals surface area contributed by atoms with E-state index < -0.39 is 0 Å². The highest BCUT2D eigenvalue weighted by Crippen LogP contribution is 2.31. The van der Waals surface area contributed by atoms with Crippen LogP contribution in [-0.4, -0.2) is 24.1 Å². The number of nitrogens with one attached hydrogen (secondary N) is 1. The Bertz CT molecular complexity index is 945. The van der Waals surface area contributed by atoms with Gasteiger partial charge in [-0.05, 0) is 49.2 Å². The molecule has 0 spiro atoms. The molecule has 1 N–H and O–H groups in total. The van der Waals surface area contributed by atoms with E-state index in [0.717, 1.165) is 34.8 Å². The van der Waals surface area contributed by atoms with Crippen molar-refractivity contribution in [2.45, 2.75) is 20.3 Å². The second-order valence-electron chi connectivity index (χ2n) is 6.33. The van der Waals surface area contributed by atoms with Crippen LogP contribution in [0.15, 0.2) is 54.6 Å². The minimum absolute atomic E-state index is 0.0637. The fourth-order valence-corrected chi connectivity index (χ4v) is 3.21. The summed E-state index contributed by atoms with van der Waals surface area (Å²) in [6, 6.07) is 17.4. The molecule has 0 atom stereocenters. The summed E-state index contributed by atoms with van der Waals surface area (Å²) in [5.41, 5.74) is 4.39. The smallest absolute Gasteiger partial charge is 0.253 e. The van der Waals surface area contributed by atoms with Crippen LogP contribution in [0, 0.1) is 6.92 Å². The maximum absolute atomic E-state index is 12.7. The van der Waals surface area contributed by atoms with Gasteiger partial charge in [0.25, 0.3) is 5.91 Å². The summed E-state index contributed by atoms with van der Waals surface area (Å²) in [6.07, 6.45) is 0.894. The highest BCUT2D eigenvalue weighted by molar-refractivity contribution is 6.30. The number of rotatable bonds is 6. The minimum Gasteiger partial charge on any atom is -0.497 e. The first-order chi connectivity index (χ1) is 13.0. The van der Waals surface area contributed by atoms with Gasteiger partial charge >= 0.3 is 0 Å². The highest BCUT2D eigenvalue weighted by atomic mass is 35.5. The first-order valence-corrected chi connectivity index (χ1v) is 9.34. The quantitative estimate of drug-likeness (QED) is 0.632. The minimum atomic E-state index is -0.0637. The van der Waals surface area contributed by atoms with E-state index in [1.165, 1.54) is 0 Å². The lowest BCUT2D eigenvalue weighted by Gasteiger charge is -2.13. The van der Waals surface area contributed by atoms with Crippen LogP contribution in [0.4, 0.5) is 0 Å². The molecule has 27 heavy (non-hydrogen) atoms. The van der Waals surface area contributed by atoms with E-state index in [4.69, 9.17) is 16.3 Å². The lowest BCUT2D eigenvalue weighted by molar-refractivity contribution is 0.0953. The second-order valence-corrected chi connectivity index (χ2v) is 6.76. The summed E-state index contributed by atoms with van der Waals surface area (Å²) in [5, 5.41) is 3.64. The summed E-state index contributed by atoms with van der Waals surface area (Å²) in [7, 11) is 1.64. The zero-order valence-corrected chi connectivity index (χ0v) is 16.5. The van der Waals surface area contributed by atoms with Crippen LogP contribution < -0.4 is 10.1 Å². The molecule has 5 heteroatoms. The summed E-state index contributed by atoms with van der Waals surface area (Å²) >= 11 is 6.05. The maximum atomic E-state index is 12.7. The van der Waals surface area contributed by atoms with Gasteiger partial charge in [-0.3, -0.25) is 4.79 Å². The Morgan fingerprint density at radius 1 is 1.15 bits per heavy atom. The molecule has 4 nitrogen and oxygen atoms in total. The van der Waals surface area contributed by atoms with Gasteiger partial charge in [0.05, 0.1) is 18.4 Å². The van der Waals surface area contributed by atoms with Crippen molar-refractivity contribution in [3.63, 3.8) is 0 Å². The van der Waals surface area contributed by atoms with Gasteiger partial charge < -0.3 is 14.6 Å². The van der Waals surface area contributed by atoms with Crippen LogP contribution in [0.1, 0.15) is 29.4 Å². The second kappa shape index (κ2) is 8.31. The van der Waals surface area contributed by atoms with Gasteiger partial charge in [0, 0.05) is 29.0 Å². The van der Waals surface area contributed by atoms with E-state index in [9.17, 15) is 4.79 Å². The van der Waals surface area contributed by atoms with Crippen LogP contribution >= 0.6 is 11.6 Å². The van der Waals surface area contributed by atoms with Crippen molar-refractivity contribution in [3.05, 3.63) is 70.9 Å². The number of benzene rings is 2. The number of carbonyl (C=O) groups excluding carboxylic acids is 1. The fourth-order valence-electron chi connectivity index (χ4n) is 3.09. The molecule has 1 amide bonds. The van der Waals surface area contributed by atoms with Crippen LogP contribution in [0.3, 0.4) is 0 Å². The largest absolute Gasteiger partial charge is 0.497 e. The van der Waals surface area contributed by atoms with Crippen LogP contribution in [0.2, 0.25) is 5.02 Å². The van der Waals surface area contributed by atoms with Gasteiger partial charge in [0.2, 0.25) is 0 Å². The Morgan fingerprint density at radius 2 is 1.89 bits per heavy atom. The fraction of sp³-hybridized carbons (Fsp3) is 0.227. The van der Waals surface area contributed by atoms with Crippen molar-refractivity contribution in [3.8, 4) is 22.7 Å². The molecule has 140 valence electrons. The number of amides is 1. The Kier molecular flexibility index (Phi) is 5.87. The normalized spacial score (nSPS) is 10.7. The monoisotopic (exact) mass is 382 g/mol. The van der Waals surface area contributed by atoms with Gasteiger partial charge in [-0.2, -0.15) is 0 Å². The number of nitrogens with zero attached hydrogens (tertiary/aromatic N) is 1. The summed E-state index contributed by atoms with van der Waals surface area (Å²) in [4.78, 5) is 12.7. The van der Waals surface area contributed by atoms with Gasteiger partial charge in [0.1, 0.15) is 5.75 Å². The summed E-state index contributed by atoms with van der Waals surface area (Å²) in [6.45, 7) is 4.65. The molecular weight excluding hydrogens is 360 g/mol. The zero-order chi connectivity index (χ0) is 19.4. The summed E-state index contributed by atoms with van der Waals surface area (Å²) in [5.74, 6) is 0.700. The van der Waals surface area contributed by atoms with Crippen molar-refractivity contribution in [2.24, 2.45) is 0 Å². The predicted molar refractivity (Wildman–Crippen MR) is 110 cm³/mol. The Hall–Kier alpha value is -2.72. The molecule has 0 radical (unpaired) electrons. The van der Waals surface area contributed by atoms with E-state index in [1.54, 1.807) is 7.11 Å². The van der Waals surface area contributed by atoms with Crippen molar-refractivity contribution in [1.82, 2.24) is 9.88 Å². The molecule has 0 unspecified atom stereocenters. The van der Waals surface area contributed by atoms with Crippen LogP contribution in [0.5, 0.6) is 5.75 Å². The van der Waals surface area contributed by atoms with Crippen molar-refractivity contribution in [1.29, 1.82) is 0 Å². The van der Waals surface area contributed by atoms with Gasteiger partial charge in [-0.25, -0.2) is 0 Å². The molecule has 1 heterocycles. The molecule has 0 bridgehead atoms. The molecule has 3 rings (SSSR count). The number of hydrogen-bond acceptors (Lipinski definition) is 2. The van der Waals surface area contributed by atoms with Crippen molar-refractivity contribution in [2.75, 3.05) is 13.7 Å². The Balaban J connectivity index is 2.17. The Morgan fingerprint density at radius 3 is 2.56 bits per heavy atom. The molecule has 0 saturated heterocycles. The molecule has 0 fully saturated rings. The van der Waals surface area contributed by atoms with Gasteiger partial charge in [-0.15, -0.1) is 0 Å². The average Bonchev–Trinajstić information content (AvgIpc) is 3.04. The number of methoxy groups -OCH3 is 1. The molecule has 0 aliphatic rings. The van der Waals surface area contributed by atoms with Crippen molar-refractivity contribution < 1.29 is 9.53 Å². The van der Waals surface area contributed by atoms with Gasteiger partial charge in [-0.1, -0.05) is 36.7 Å². The first kappa shape index (κ1) is 19.1. The highest BCUT2D eigenvalue weighted by Gasteiger charge is 2.19. The molecule has 1 aromatic heterocycles. The predicted octanol–water partition coefficient (Wildman–Crippen LogP) is 5.25. The average molecular weight is 383 g/mol. The topological polar surface area (TPSA) is 43.3 Å². The number of halogens is 1. The standard InChI is InChI=1S/C22H23ClN2O2/c1-4-12-24-22(26)20-14-21(16-8-10-17(23)11-9-16)25(15(20)2)18-6-5-7-19(13-18)27-3/h5-11,13-14H,4,12H2,1-3H3,(H,24,26). The Labute approximate surface area is 164 Å². The number of ether oxygens (including phenoxy) is 1. The van der Waals surface area contributed by atoms with E-state index in [2.05, 4.69) is 9.88 Å². The van der Waals surface area contributed by atoms with Crippen LogP contribution in [-0.2, 0) is 0 Å².